The maximum Gasteiger partial charge on any atom is 0.573 e. The molecule has 1 saturated heterocycles. The van der Waals surface area contributed by atoms with Crippen LogP contribution >= 0.6 is 0 Å². The first kappa shape index (κ1) is 16.1. The third kappa shape index (κ3) is 5.53. The highest BCUT2D eigenvalue weighted by atomic mass is 19.4. The number of alkyl halides is 3. The molecule has 0 radical (unpaired) electrons. The summed E-state index contributed by atoms with van der Waals surface area (Å²) in [5.74, 6) is -0.774. The Balaban J connectivity index is 1.74. The Morgan fingerprint density at radius 1 is 1.29 bits per heavy atom. The van der Waals surface area contributed by atoms with E-state index in [0.29, 0.717) is 19.7 Å². The van der Waals surface area contributed by atoms with E-state index in [2.05, 4.69) is 10.1 Å². The molecule has 2 rings (SSSR count). The van der Waals surface area contributed by atoms with Crippen molar-refractivity contribution in [3.05, 3.63) is 29.8 Å². The monoisotopic (exact) mass is 305 g/mol. The van der Waals surface area contributed by atoms with E-state index in [4.69, 9.17) is 9.47 Å². The Bertz CT molecular complexity index is 460. The van der Waals surface area contributed by atoms with E-state index in [0.717, 1.165) is 5.56 Å². The van der Waals surface area contributed by atoms with Crippen molar-refractivity contribution in [3.8, 4) is 5.75 Å². The van der Waals surface area contributed by atoms with Gasteiger partial charge in [0.15, 0.2) is 5.79 Å². The molecule has 1 aliphatic rings. The molecule has 7 heteroatoms. The Hall–Kier alpha value is -1.31. The zero-order valence-electron chi connectivity index (χ0n) is 11.9. The van der Waals surface area contributed by atoms with Crippen LogP contribution in [-0.2, 0) is 16.0 Å². The first-order chi connectivity index (χ1) is 9.73. The SMILES string of the molecule is CC1(C)OCC(CNCc2ccc(OC(F)(F)F)cc2)O1. The van der Waals surface area contributed by atoms with Gasteiger partial charge in [0.2, 0.25) is 0 Å². The van der Waals surface area contributed by atoms with E-state index >= 15 is 0 Å². The standard InChI is InChI=1S/C14H18F3NO3/c1-13(2)19-9-12(20-13)8-18-7-10-3-5-11(6-4-10)21-14(15,16)17/h3-6,12,18H,7-9H2,1-2H3. The lowest BCUT2D eigenvalue weighted by molar-refractivity contribution is -0.274. The van der Waals surface area contributed by atoms with Crippen LogP contribution in [0, 0.1) is 0 Å². The highest BCUT2D eigenvalue weighted by molar-refractivity contribution is 5.27. The molecule has 0 amide bonds. The summed E-state index contributed by atoms with van der Waals surface area (Å²) in [4.78, 5) is 0. The maximum absolute atomic E-state index is 12.0. The second-order valence-electron chi connectivity index (χ2n) is 5.27. The smallest absolute Gasteiger partial charge is 0.406 e. The van der Waals surface area contributed by atoms with E-state index in [9.17, 15) is 13.2 Å². The van der Waals surface area contributed by atoms with Gasteiger partial charge in [-0.25, -0.2) is 0 Å². The first-order valence-corrected chi connectivity index (χ1v) is 6.61. The largest absolute Gasteiger partial charge is 0.573 e. The van der Waals surface area contributed by atoms with E-state index < -0.39 is 12.1 Å². The number of hydrogen-bond donors (Lipinski definition) is 1. The fourth-order valence-electron chi connectivity index (χ4n) is 2.05. The molecule has 1 heterocycles. The van der Waals surface area contributed by atoms with Crippen molar-refractivity contribution in [2.45, 2.75) is 38.6 Å². The summed E-state index contributed by atoms with van der Waals surface area (Å²) in [7, 11) is 0. The summed E-state index contributed by atoms with van der Waals surface area (Å²) >= 11 is 0. The number of nitrogens with one attached hydrogen (secondary N) is 1. The molecule has 4 nitrogen and oxygen atoms in total. The minimum Gasteiger partial charge on any atom is -0.406 e. The summed E-state index contributed by atoms with van der Waals surface area (Å²) in [6.07, 6.45) is -4.68. The zero-order chi connectivity index (χ0) is 15.5. The van der Waals surface area contributed by atoms with Crippen LogP contribution in [0.1, 0.15) is 19.4 Å². The molecular formula is C14H18F3NO3. The Morgan fingerprint density at radius 2 is 1.95 bits per heavy atom. The average molecular weight is 305 g/mol. The number of halogens is 3. The highest BCUT2D eigenvalue weighted by Crippen LogP contribution is 2.23. The van der Waals surface area contributed by atoms with Crippen molar-refractivity contribution in [1.82, 2.24) is 5.32 Å². The summed E-state index contributed by atoms with van der Waals surface area (Å²) in [5.41, 5.74) is 0.864. The normalized spacial score (nSPS) is 21.5. The van der Waals surface area contributed by atoms with Gasteiger partial charge in [0.25, 0.3) is 0 Å². The summed E-state index contributed by atoms with van der Waals surface area (Å²) < 4.78 is 50.9. The predicted octanol–water partition coefficient (Wildman–Crippen LogP) is 2.83. The van der Waals surface area contributed by atoms with Gasteiger partial charge in [0, 0.05) is 13.1 Å². The van der Waals surface area contributed by atoms with Gasteiger partial charge in [-0.15, -0.1) is 13.2 Å². The minimum absolute atomic E-state index is 0.0205. The summed E-state index contributed by atoms with van der Waals surface area (Å²) in [6, 6.07) is 5.76. The number of rotatable bonds is 5. The maximum atomic E-state index is 12.0. The van der Waals surface area contributed by atoms with Gasteiger partial charge in [0.05, 0.1) is 12.7 Å². The van der Waals surface area contributed by atoms with E-state index in [1.54, 1.807) is 12.1 Å². The molecular weight excluding hydrogens is 287 g/mol. The molecule has 0 spiro atoms. The molecule has 0 bridgehead atoms. The van der Waals surface area contributed by atoms with Crippen LogP contribution in [-0.4, -0.2) is 31.4 Å². The average Bonchev–Trinajstić information content (AvgIpc) is 2.69. The van der Waals surface area contributed by atoms with Crippen molar-refractivity contribution < 1.29 is 27.4 Å². The van der Waals surface area contributed by atoms with E-state index in [-0.39, 0.29) is 11.9 Å². The molecule has 21 heavy (non-hydrogen) atoms. The third-order valence-corrected chi connectivity index (χ3v) is 2.93. The van der Waals surface area contributed by atoms with Crippen LogP contribution in [0.2, 0.25) is 0 Å². The van der Waals surface area contributed by atoms with Gasteiger partial charge in [0.1, 0.15) is 5.75 Å². The van der Waals surface area contributed by atoms with Crippen LogP contribution in [0.25, 0.3) is 0 Å². The first-order valence-electron chi connectivity index (χ1n) is 6.61. The molecule has 1 aromatic rings. The number of hydrogen-bond acceptors (Lipinski definition) is 4. The fourth-order valence-corrected chi connectivity index (χ4v) is 2.05. The second kappa shape index (κ2) is 6.21. The Labute approximate surface area is 121 Å². The lowest BCUT2D eigenvalue weighted by Crippen LogP contribution is -2.30. The Morgan fingerprint density at radius 3 is 2.48 bits per heavy atom. The van der Waals surface area contributed by atoms with Crippen molar-refractivity contribution >= 4 is 0 Å². The molecule has 1 fully saturated rings. The van der Waals surface area contributed by atoms with E-state index in [1.165, 1.54) is 12.1 Å². The molecule has 1 unspecified atom stereocenters. The second-order valence-corrected chi connectivity index (χ2v) is 5.27. The number of benzene rings is 1. The highest BCUT2D eigenvalue weighted by Gasteiger charge is 2.32. The van der Waals surface area contributed by atoms with Gasteiger partial charge >= 0.3 is 6.36 Å². The van der Waals surface area contributed by atoms with E-state index in [1.807, 2.05) is 13.8 Å². The Kier molecular flexibility index (Phi) is 4.75. The quantitative estimate of drug-likeness (QED) is 0.908. The number of ether oxygens (including phenoxy) is 3. The van der Waals surface area contributed by atoms with Crippen molar-refractivity contribution in [1.29, 1.82) is 0 Å². The van der Waals surface area contributed by atoms with Crippen LogP contribution in [0.3, 0.4) is 0 Å². The molecule has 0 aliphatic carbocycles. The topological polar surface area (TPSA) is 39.7 Å². The van der Waals surface area contributed by atoms with Crippen LogP contribution in [0.15, 0.2) is 24.3 Å². The van der Waals surface area contributed by atoms with Gasteiger partial charge in [-0.05, 0) is 31.5 Å². The predicted molar refractivity (Wildman–Crippen MR) is 69.7 cm³/mol. The van der Waals surface area contributed by atoms with Gasteiger partial charge in [-0.1, -0.05) is 12.1 Å². The molecule has 1 atom stereocenters. The molecule has 1 aliphatic heterocycles. The minimum atomic E-state index is -4.66. The van der Waals surface area contributed by atoms with Crippen LogP contribution in [0.4, 0.5) is 13.2 Å². The molecule has 0 saturated carbocycles. The van der Waals surface area contributed by atoms with Crippen LogP contribution in [0.5, 0.6) is 5.75 Å². The fraction of sp³-hybridized carbons (Fsp3) is 0.571. The van der Waals surface area contributed by atoms with Gasteiger partial charge < -0.3 is 19.5 Å². The molecule has 1 aromatic carbocycles. The van der Waals surface area contributed by atoms with Crippen LogP contribution < -0.4 is 10.1 Å². The van der Waals surface area contributed by atoms with Gasteiger partial charge in [-0.2, -0.15) is 0 Å². The lowest BCUT2D eigenvalue weighted by atomic mass is 10.2. The molecule has 118 valence electrons. The lowest BCUT2D eigenvalue weighted by Gasteiger charge is -2.17. The molecule has 0 aromatic heterocycles. The zero-order valence-corrected chi connectivity index (χ0v) is 11.9. The van der Waals surface area contributed by atoms with Crippen molar-refractivity contribution in [2.75, 3.05) is 13.2 Å². The third-order valence-electron chi connectivity index (χ3n) is 2.93. The summed E-state index contributed by atoms with van der Waals surface area (Å²) in [6.45, 7) is 5.38. The summed E-state index contributed by atoms with van der Waals surface area (Å²) in [5, 5.41) is 3.18. The van der Waals surface area contributed by atoms with Crippen molar-refractivity contribution in [2.24, 2.45) is 0 Å². The van der Waals surface area contributed by atoms with Gasteiger partial charge in [-0.3, -0.25) is 0 Å². The van der Waals surface area contributed by atoms with Crippen molar-refractivity contribution in [3.63, 3.8) is 0 Å². The molecule has 1 N–H and O–H groups in total.